The summed E-state index contributed by atoms with van der Waals surface area (Å²) in [6, 6.07) is 0. The van der Waals surface area contributed by atoms with Crippen molar-refractivity contribution < 1.29 is 59.9 Å². The van der Waals surface area contributed by atoms with Crippen molar-refractivity contribution in [3.05, 3.63) is 23.0 Å². The van der Waals surface area contributed by atoms with Crippen LogP contribution in [0.5, 0.6) is 0 Å². The van der Waals surface area contributed by atoms with Gasteiger partial charge in [0.05, 0.1) is 13.2 Å². The van der Waals surface area contributed by atoms with Gasteiger partial charge < -0.3 is 50.3 Å². The largest absolute Gasteiger partial charge is 2.00 e. The van der Waals surface area contributed by atoms with Crippen LogP contribution in [0.4, 0.5) is 0 Å². The summed E-state index contributed by atoms with van der Waals surface area (Å²) in [4.78, 5) is 21.0. The quantitative estimate of drug-likeness (QED) is 0.200. The second kappa shape index (κ2) is 9.64. The number of hydrogen-bond acceptors (Lipinski definition) is 12. The zero-order valence-corrected chi connectivity index (χ0v) is 14.0. The Bertz CT molecular complexity index is 520. The Kier molecular flexibility index (Phi) is 8.96. The van der Waals surface area contributed by atoms with Crippen molar-refractivity contribution in [3.63, 3.8) is 0 Å². The number of carbonyl (C=O) groups excluding carboxylic acids is 2. The van der Waals surface area contributed by atoms with Gasteiger partial charge >= 0.3 is 35.0 Å². The first kappa shape index (κ1) is 23.2. The van der Waals surface area contributed by atoms with Crippen LogP contribution in [0.15, 0.2) is 23.0 Å². The first-order valence-electron chi connectivity index (χ1n) is 6.35. The van der Waals surface area contributed by atoms with E-state index in [4.69, 9.17) is 30.6 Å². The van der Waals surface area contributed by atoms with Crippen molar-refractivity contribution in [2.45, 2.75) is 24.4 Å². The number of aliphatic hydroxyl groups is 6. The minimum absolute atomic E-state index is 0. The average Bonchev–Trinajstić information content (AvgIpc) is 2.98. The van der Waals surface area contributed by atoms with Crippen LogP contribution in [0.2, 0.25) is 0 Å². The van der Waals surface area contributed by atoms with Crippen LogP contribution >= 0.6 is 0 Å². The number of ether oxygens (including phenoxy) is 2. The molecular weight excluding hydrogens is 360 g/mol. The third-order valence-corrected chi connectivity index (χ3v) is 2.91. The fourth-order valence-electron chi connectivity index (χ4n) is 1.62. The topological polar surface area (TPSA) is 220 Å². The number of aliphatic hydroxyl groups excluding tert-OH is 6. The number of rotatable bonds is 4. The third-order valence-electron chi connectivity index (χ3n) is 2.91. The fourth-order valence-corrected chi connectivity index (χ4v) is 1.62. The smallest absolute Gasteiger partial charge is 0.870 e. The predicted octanol–water partition coefficient (Wildman–Crippen LogP) is -5.59. The minimum atomic E-state index is -1.48. The number of hydrogen-bond donors (Lipinski definition) is 6. The summed E-state index contributed by atoms with van der Waals surface area (Å²) < 4.78 is 8.51. The zero-order chi connectivity index (χ0) is 18.6. The first-order chi connectivity index (χ1) is 11.1. The molecule has 2 rings (SSSR count). The van der Waals surface area contributed by atoms with E-state index in [1.807, 2.05) is 0 Å². The molecule has 12 nitrogen and oxygen atoms in total. The van der Waals surface area contributed by atoms with Crippen molar-refractivity contribution >= 4 is 35.0 Å². The maximum absolute atomic E-state index is 10.8. The van der Waals surface area contributed by atoms with E-state index in [2.05, 4.69) is 9.47 Å². The Morgan fingerprint density at radius 1 is 0.840 bits per heavy atom. The van der Waals surface area contributed by atoms with Gasteiger partial charge in [-0.25, -0.2) is 9.59 Å². The number of esters is 2. The van der Waals surface area contributed by atoms with Gasteiger partial charge in [0.25, 0.3) is 0 Å². The van der Waals surface area contributed by atoms with Crippen molar-refractivity contribution in [2.24, 2.45) is 0 Å². The van der Waals surface area contributed by atoms with Gasteiger partial charge in [-0.3, -0.25) is 0 Å². The van der Waals surface area contributed by atoms with E-state index in [-0.39, 0.29) is 23.1 Å². The Morgan fingerprint density at radius 2 is 1.12 bits per heavy atom. The molecule has 6 N–H and O–H groups in total. The van der Waals surface area contributed by atoms with Gasteiger partial charge in [-0.2, -0.15) is 0 Å². The van der Waals surface area contributed by atoms with Crippen LogP contribution in [0.25, 0.3) is 0 Å². The Morgan fingerprint density at radius 3 is 1.28 bits per heavy atom. The molecule has 0 saturated carbocycles. The third kappa shape index (κ3) is 5.10. The van der Waals surface area contributed by atoms with Gasteiger partial charge in [0.2, 0.25) is 0 Å². The van der Waals surface area contributed by atoms with Crippen LogP contribution in [-0.2, 0) is 19.1 Å². The molecule has 0 spiro atoms. The van der Waals surface area contributed by atoms with Gasteiger partial charge in [-0.1, -0.05) is 0 Å². The van der Waals surface area contributed by atoms with Gasteiger partial charge in [0.1, 0.15) is 24.4 Å². The van der Waals surface area contributed by atoms with Gasteiger partial charge in [0.15, 0.2) is 11.5 Å². The molecule has 0 radical (unpaired) electrons. The van der Waals surface area contributed by atoms with E-state index in [0.29, 0.717) is 0 Å². The van der Waals surface area contributed by atoms with Crippen LogP contribution in [0, 0.1) is 0 Å². The van der Waals surface area contributed by atoms with Crippen molar-refractivity contribution in [3.8, 4) is 0 Å². The molecule has 136 valence electrons. The van der Waals surface area contributed by atoms with E-state index in [0.717, 1.165) is 0 Å². The van der Waals surface area contributed by atoms with Gasteiger partial charge in [-0.15, -0.1) is 0 Å². The van der Waals surface area contributed by atoms with Crippen LogP contribution < -0.4 is 10.2 Å². The van der Waals surface area contributed by atoms with Crippen molar-refractivity contribution in [1.29, 1.82) is 0 Å². The van der Waals surface area contributed by atoms with Crippen molar-refractivity contribution in [2.75, 3.05) is 13.2 Å². The molecule has 0 fully saturated rings. The molecule has 13 heteroatoms. The molecule has 4 atom stereocenters. The van der Waals surface area contributed by atoms with E-state index in [1.165, 1.54) is 0 Å². The molecule has 0 amide bonds. The van der Waals surface area contributed by atoms with E-state index in [1.54, 1.807) is 0 Å². The molecule has 2 aliphatic rings. The van der Waals surface area contributed by atoms with Crippen LogP contribution in [0.1, 0.15) is 0 Å². The zero-order valence-electron chi connectivity index (χ0n) is 12.6. The monoisotopic (exact) mass is 374 g/mol. The normalized spacial score (nSPS) is 24.8. The molecule has 0 aromatic carbocycles. The van der Waals surface area contributed by atoms with E-state index >= 15 is 0 Å². The van der Waals surface area contributed by atoms with Gasteiger partial charge in [-0.05, 0) is 11.5 Å². The van der Waals surface area contributed by atoms with E-state index < -0.39 is 72.6 Å². The second-order valence-corrected chi connectivity index (χ2v) is 4.58. The Hall–Kier alpha value is -1.77. The summed E-state index contributed by atoms with van der Waals surface area (Å²) in [5.74, 6) is -6.40. The molecule has 0 aliphatic carbocycles. The molecule has 25 heavy (non-hydrogen) atoms. The van der Waals surface area contributed by atoms with E-state index in [9.17, 15) is 19.8 Å². The first-order valence-corrected chi connectivity index (χ1v) is 6.35. The maximum atomic E-state index is 10.8. The van der Waals surface area contributed by atoms with Crippen LogP contribution in [-0.4, -0.2) is 103 Å². The summed E-state index contributed by atoms with van der Waals surface area (Å²) in [6.07, 6.45) is -5.90. The Labute approximate surface area is 156 Å². The Balaban J connectivity index is 0.000000443. The summed E-state index contributed by atoms with van der Waals surface area (Å²) in [7, 11) is 0. The standard InChI is InChI=1S/2C6H8O6.Mg/c2*7-1-2(8)5-3(9)4(10)6(11)12-5;/h2*2,5,7-10H,1H2;/q;;+2/p-2/t2*2?,5-;/m11./s1. The predicted molar refractivity (Wildman–Crippen MR) is 71.0 cm³/mol. The molecule has 2 heterocycles. The minimum Gasteiger partial charge on any atom is -0.870 e. The summed E-state index contributed by atoms with van der Waals surface area (Å²) in [5, 5.41) is 73.6. The van der Waals surface area contributed by atoms with Crippen LogP contribution in [0.3, 0.4) is 0 Å². The molecule has 2 unspecified atom stereocenters. The molecule has 0 saturated heterocycles. The number of cyclic esters (lactones) is 2. The van der Waals surface area contributed by atoms with Crippen molar-refractivity contribution in [1.82, 2.24) is 0 Å². The van der Waals surface area contributed by atoms with Gasteiger partial charge in [0, 0.05) is 0 Å². The maximum Gasteiger partial charge on any atom is 2.00 e. The molecule has 0 aromatic heterocycles. The molecule has 0 aromatic rings. The second-order valence-electron chi connectivity index (χ2n) is 4.58. The summed E-state index contributed by atoms with van der Waals surface area (Å²) >= 11 is 0. The average molecular weight is 375 g/mol. The molecular formula is C12H14MgO12. The SMILES string of the molecule is O=C1O[C@H](C(O)CO)C([O-])=C1O.O=C1O[C@H](C(O)CO)C([O-])=C1O.[Mg+2]. The summed E-state index contributed by atoms with van der Waals surface area (Å²) in [6.45, 7) is -1.42. The summed E-state index contributed by atoms with van der Waals surface area (Å²) in [5.41, 5.74) is 0. The molecule has 2 aliphatic heterocycles. The fraction of sp³-hybridized carbons (Fsp3) is 0.500. The molecule has 0 bridgehead atoms. The number of carbonyl (C=O) groups is 2.